The predicted octanol–water partition coefficient (Wildman–Crippen LogP) is 1.86. The summed E-state index contributed by atoms with van der Waals surface area (Å²) in [5.41, 5.74) is 2.23. The van der Waals surface area contributed by atoms with E-state index in [1.54, 1.807) is 4.90 Å². The molecule has 1 amide bonds. The molecule has 2 aliphatic rings. The lowest BCUT2D eigenvalue weighted by Gasteiger charge is -2.32. The maximum atomic E-state index is 12.8. The summed E-state index contributed by atoms with van der Waals surface area (Å²) >= 11 is 0. The van der Waals surface area contributed by atoms with E-state index >= 15 is 0 Å². The van der Waals surface area contributed by atoms with Crippen molar-refractivity contribution in [3.8, 4) is 0 Å². The monoisotopic (exact) mass is 346 g/mol. The number of ether oxygens (including phenoxy) is 2. The number of fused-ring (bicyclic) bond motifs is 1. The largest absolute Gasteiger partial charge is 0.459 e. The van der Waals surface area contributed by atoms with E-state index in [9.17, 15) is 9.59 Å². The zero-order chi connectivity index (χ0) is 18.0. The predicted molar refractivity (Wildman–Crippen MR) is 94.9 cm³/mol. The summed E-state index contributed by atoms with van der Waals surface area (Å²) in [6, 6.07) is 6.05. The summed E-state index contributed by atoms with van der Waals surface area (Å²) in [5, 5.41) is 0. The molecular weight excluding hydrogens is 320 g/mol. The highest BCUT2D eigenvalue weighted by molar-refractivity contribution is 5.99. The van der Waals surface area contributed by atoms with Crippen LogP contribution in [0.4, 0.5) is 5.69 Å². The standard InChI is InChI=1S/C19H26N2O4/c1-19(2,3)25-17(22)13-21-7-6-14-4-5-15(12-16(14)18(21)23)20-8-10-24-11-9-20/h4-5,12H,6-11,13H2,1-3H3. The third-order valence-electron chi connectivity index (χ3n) is 4.38. The Morgan fingerprint density at radius 2 is 1.92 bits per heavy atom. The third-order valence-corrected chi connectivity index (χ3v) is 4.38. The molecule has 0 aromatic heterocycles. The number of esters is 1. The van der Waals surface area contributed by atoms with E-state index in [0.717, 1.165) is 30.8 Å². The summed E-state index contributed by atoms with van der Waals surface area (Å²) in [5.74, 6) is -0.462. The molecule has 6 nitrogen and oxygen atoms in total. The molecule has 3 rings (SSSR count). The molecule has 1 fully saturated rings. The van der Waals surface area contributed by atoms with Crippen LogP contribution in [-0.2, 0) is 20.7 Å². The van der Waals surface area contributed by atoms with Crippen LogP contribution in [0.25, 0.3) is 0 Å². The van der Waals surface area contributed by atoms with Gasteiger partial charge < -0.3 is 19.3 Å². The maximum Gasteiger partial charge on any atom is 0.326 e. The van der Waals surface area contributed by atoms with Gasteiger partial charge in [-0.05, 0) is 44.9 Å². The van der Waals surface area contributed by atoms with Crippen LogP contribution in [0.1, 0.15) is 36.7 Å². The summed E-state index contributed by atoms with van der Waals surface area (Å²) in [4.78, 5) is 28.7. The Morgan fingerprint density at radius 3 is 2.60 bits per heavy atom. The number of nitrogens with zero attached hydrogens (tertiary/aromatic N) is 2. The lowest BCUT2D eigenvalue weighted by molar-refractivity contribution is -0.155. The van der Waals surface area contributed by atoms with Crippen molar-refractivity contribution in [1.29, 1.82) is 0 Å². The van der Waals surface area contributed by atoms with E-state index in [1.807, 2.05) is 32.9 Å². The second kappa shape index (κ2) is 7.04. The number of hydrogen-bond donors (Lipinski definition) is 0. The number of benzene rings is 1. The number of hydrogen-bond acceptors (Lipinski definition) is 5. The summed E-state index contributed by atoms with van der Waals surface area (Å²) in [7, 11) is 0. The van der Waals surface area contributed by atoms with Gasteiger partial charge in [0.05, 0.1) is 13.2 Å². The Kier molecular flexibility index (Phi) is 4.99. The van der Waals surface area contributed by atoms with Crippen LogP contribution in [0.3, 0.4) is 0 Å². The normalized spacial score (nSPS) is 18.1. The Morgan fingerprint density at radius 1 is 1.20 bits per heavy atom. The van der Waals surface area contributed by atoms with Gasteiger partial charge in [-0.1, -0.05) is 6.07 Å². The van der Waals surface area contributed by atoms with Gasteiger partial charge in [0.2, 0.25) is 0 Å². The molecule has 0 unspecified atom stereocenters. The van der Waals surface area contributed by atoms with E-state index in [2.05, 4.69) is 11.0 Å². The minimum absolute atomic E-state index is 0.00265. The van der Waals surface area contributed by atoms with E-state index < -0.39 is 5.60 Å². The van der Waals surface area contributed by atoms with Gasteiger partial charge in [-0.2, -0.15) is 0 Å². The molecule has 1 saturated heterocycles. The van der Waals surface area contributed by atoms with E-state index in [-0.39, 0.29) is 18.4 Å². The minimum atomic E-state index is -0.544. The molecule has 0 radical (unpaired) electrons. The maximum absolute atomic E-state index is 12.8. The SMILES string of the molecule is CC(C)(C)OC(=O)CN1CCc2ccc(N3CCOCC3)cc2C1=O. The topological polar surface area (TPSA) is 59.1 Å². The Hall–Kier alpha value is -2.08. The fourth-order valence-corrected chi connectivity index (χ4v) is 3.21. The van der Waals surface area contributed by atoms with E-state index in [0.29, 0.717) is 25.3 Å². The number of morpholine rings is 1. The molecule has 0 aliphatic carbocycles. The Bertz CT molecular complexity index is 660. The highest BCUT2D eigenvalue weighted by atomic mass is 16.6. The number of carbonyl (C=O) groups is 2. The lowest BCUT2D eigenvalue weighted by Crippen LogP contribution is -2.43. The van der Waals surface area contributed by atoms with Crippen LogP contribution in [-0.4, -0.2) is 61.8 Å². The van der Waals surface area contributed by atoms with Gasteiger partial charge in [0.25, 0.3) is 5.91 Å². The van der Waals surface area contributed by atoms with Crippen molar-refractivity contribution in [2.24, 2.45) is 0 Å². The van der Waals surface area contributed by atoms with Crippen LogP contribution < -0.4 is 4.90 Å². The van der Waals surface area contributed by atoms with Crippen LogP contribution in [0, 0.1) is 0 Å². The van der Waals surface area contributed by atoms with Crippen molar-refractivity contribution < 1.29 is 19.1 Å². The van der Waals surface area contributed by atoms with Gasteiger partial charge in [0, 0.05) is 30.9 Å². The molecular formula is C19H26N2O4. The molecule has 1 aromatic rings. The fourth-order valence-electron chi connectivity index (χ4n) is 3.21. The first-order valence-electron chi connectivity index (χ1n) is 8.80. The molecule has 2 aliphatic heterocycles. The zero-order valence-electron chi connectivity index (χ0n) is 15.2. The van der Waals surface area contributed by atoms with Crippen molar-refractivity contribution >= 4 is 17.6 Å². The average Bonchev–Trinajstić information content (AvgIpc) is 2.56. The van der Waals surface area contributed by atoms with Crippen molar-refractivity contribution in [2.45, 2.75) is 32.8 Å². The van der Waals surface area contributed by atoms with Crippen molar-refractivity contribution in [2.75, 3.05) is 44.3 Å². The third kappa shape index (κ3) is 4.31. The first kappa shape index (κ1) is 17.7. The number of amides is 1. The molecule has 2 heterocycles. The fraction of sp³-hybridized carbons (Fsp3) is 0.579. The average molecular weight is 346 g/mol. The number of carbonyl (C=O) groups excluding carboxylic acids is 2. The van der Waals surface area contributed by atoms with Gasteiger partial charge in [-0.3, -0.25) is 9.59 Å². The highest BCUT2D eigenvalue weighted by Gasteiger charge is 2.28. The number of rotatable bonds is 3. The van der Waals surface area contributed by atoms with Gasteiger partial charge in [0.1, 0.15) is 12.1 Å². The highest BCUT2D eigenvalue weighted by Crippen LogP contribution is 2.25. The molecule has 0 saturated carbocycles. The van der Waals surface area contributed by atoms with Crippen molar-refractivity contribution in [3.05, 3.63) is 29.3 Å². The van der Waals surface area contributed by atoms with Gasteiger partial charge in [-0.15, -0.1) is 0 Å². The van der Waals surface area contributed by atoms with Crippen LogP contribution in [0.2, 0.25) is 0 Å². The lowest BCUT2D eigenvalue weighted by atomic mass is 9.98. The molecule has 0 spiro atoms. The summed E-state index contributed by atoms with van der Waals surface area (Å²) in [6.45, 7) is 9.08. The molecule has 1 aromatic carbocycles. The summed E-state index contributed by atoms with van der Waals surface area (Å²) in [6.07, 6.45) is 0.757. The molecule has 25 heavy (non-hydrogen) atoms. The van der Waals surface area contributed by atoms with E-state index in [1.165, 1.54) is 0 Å². The molecule has 6 heteroatoms. The van der Waals surface area contributed by atoms with Gasteiger partial charge in [-0.25, -0.2) is 0 Å². The van der Waals surface area contributed by atoms with Gasteiger partial charge >= 0.3 is 5.97 Å². The van der Waals surface area contributed by atoms with Crippen LogP contribution in [0.15, 0.2) is 18.2 Å². The first-order valence-corrected chi connectivity index (χ1v) is 8.80. The molecule has 0 atom stereocenters. The first-order chi connectivity index (χ1) is 11.8. The molecule has 0 N–H and O–H groups in total. The van der Waals surface area contributed by atoms with Crippen LogP contribution >= 0.6 is 0 Å². The smallest absolute Gasteiger partial charge is 0.326 e. The zero-order valence-corrected chi connectivity index (χ0v) is 15.2. The van der Waals surface area contributed by atoms with Crippen molar-refractivity contribution in [3.63, 3.8) is 0 Å². The Balaban J connectivity index is 1.73. The number of anilines is 1. The van der Waals surface area contributed by atoms with Crippen LogP contribution in [0.5, 0.6) is 0 Å². The molecule has 0 bridgehead atoms. The minimum Gasteiger partial charge on any atom is -0.459 e. The summed E-state index contributed by atoms with van der Waals surface area (Å²) < 4.78 is 10.7. The second-order valence-electron chi connectivity index (χ2n) is 7.50. The van der Waals surface area contributed by atoms with E-state index in [4.69, 9.17) is 9.47 Å². The quantitative estimate of drug-likeness (QED) is 0.782. The second-order valence-corrected chi connectivity index (χ2v) is 7.50. The molecule has 136 valence electrons. The Labute approximate surface area is 148 Å². The van der Waals surface area contributed by atoms with Crippen molar-refractivity contribution in [1.82, 2.24) is 4.90 Å². The van der Waals surface area contributed by atoms with Gasteiger partial charge in [0.15, 0.2) is 0 Å².